The Kier molecular flexibility index (Phi) is 4.84. The Morgan fingerprint density at radius 2 is 1.90 bits per heavy atom. The standard InChI is InChI=1S/C14H20BrN5O/c1-10-5-6-11(2)20(10)17-12-9-16-19(8-7-18(3)4)14(21)13(12)15/h5-6,9,17H,7-8H2,1-4H3. The minimum atomic E-state index is -0.135. The van der Waals surface area contributed by atoms with E-state index in [9.17, 15) is 4.79 Å². The second-order valence-corrected chi connectivity index (χ2v) is 6.06. The van der Waals surface area contributed by atoms with Gasteiger partial charge in [-0.05, 0) is 56.0 Å². The first kappa shape index (κ1) is 15.8. The lowest BCUT2D eigenvalue weighted by molar-refractivity contribution is 0.367. The van der Waals surface area contributed by atoms with Crippen LogP contribution >= 0.6 is 15.9 Å². The number of hydrogen-bond donors (Lipinski definition) is 1. The summed E-state index contributed by atoms with van der Waals surface area (Å²) in [6.07, 6.45) is 1.67. The Hall–Kier alpha value is -1.60. The summed E-state index contributed by atoms with van der Waals surface area (Å²) in [4.78, 5) is 14.3. The van der Waals surface area contributed by atoms with Gasteiger partial charge in [-0.25, -0.2) is 4.68 Å². The van der Waals surface area contributed by atoms with Crippen molar-refractivity contribution in [3.8, 4) is 0 Å². The van der Waals surface area contributed by atoms with Crippen LogP contribution in [0.25, 0.3) is 0 Å². The maximum atomic E-state index is 12.3. The topological polar surface area (TPSA) is 55.1 Å². The fraction of sp³-hybridized carbons (Fsp3) is 0.429. The monoisotopic (exact) mass is 353 g/mol. The highest BCUT2D eigenvalue weighted by Crippen LogP contribution is 2.18. The number of aromatic nitrogens is 3. The Labute approximate surface area is 132 Å². The molecule has 0 atom stereocenters. The minimum absolute atomic E-state index is 0.135. The lowest BCUT2D eigenvalue weighted by Crippen LogP contribution is -2.29. The lowest BCUT2D eigenvalue weighted by atomic mass is 10.4. The van der Waals surface area contributed by atoms with Crippen molar-refractivity contribution in [2.45, 2.75) is 20.4 Å². The summed E-state index contributed by atoms with van der Waals surface area (Å²) < 4.78 is 3.87. The summed E-state index contributed by atoms with van der Waals surface area (Å²) in [5.41, 5.74) is 5.86. The van der Waals surface area contributed by atoms with E-state index in [1.165, 1.54) is 4.68 Å². The number of anilines is 1. The van der Waals surface area contributed by atoms with Crippen molar-refractivity contribution in [1.82, 2.24) is 19.4 Å². The van der Waals surface area contributed by atoms with Gasteiger partial charge in [0.05, 0.1) is 18.4 Å². The third kappa shape index (κ3) is 3.54. The van der Waals surface area contributed by atoms with Crippen LogP contribution in [0.2, 0.25) is 0 Å². The quantitative estimate of drug-likeness (QED) is 0.891. The molecule has 0 saturated carbocycles. The molecule has 2 aromatic heterocycles. The molecule has 0 saturated heterocycles. The van der Waals surface area contributed by atoms with Gasteiger partial charge in [-0.15, -0.1) is 0 Å². The van der Waals surface area contributed by atoms with E-state index in [0.29, 0.717) is 16.7 Å². The van der Waals surface area contributed by atoms with Crippen LogP contribution in [-0.4, -0.2) is 40.0 Å². The van der Waals surface area contributed by atoms with Crippen molar-refractivity contribution < 1.29 is 0 Å². The fourth-order valence-electron chi connectivity index (χ4n) is 1.96. The van der Waals surface area contributed by atoms with Gasteiger partial charge in [0.1, 0.15) is 4.47 Å². The summed E-state index contributed by atoms with van der Waals surface area (Å²) in [5.74, 6) is 0. The van der Waals surface area contributed by atoms with Crippen molar-refractivity contribution in [3.63, 3.8) is 0 Å². The van der Waals surface area contributed by atoms with Gasteiger partial charge in [-0.3, -0.25) is 14.9 Å². The molecule has 0 bridgehead atoms. The second-order valence-electron chi connectivity index (χ2n) is 5.27. The SMILES string of the molecule is Cc1ccc(C)n1Nc1cnn(CCN(C)C)c(=O)c1Br. The largest absolute Gasteiger partial charge is 0.308 e. The lowest BCUT2D eigenvalue weighted by Gasteiger charge is -2.15. The molecular weight excluding hydrogens is 334 g/mol. The van der Waals surface area contributed by atoms with E-state index in [1.807, 2.05) is 49.7 Å². The van der Waals surface area contributed by atoms with Crippen LogP contribution in [0.15, 0.2) is 27.6 Å². The molecule has 0 spiro atoms. The van der Waals surface area contributed by atoms with Crippen LogP contribution in [0.4, 0.5) is 5.69 Å². The van der Waals surface area contributed by atoms with Crippen LogP contribution in [0, 0.1) is 13.8 Å². The maximum Gasteiger partial charge on any atom is 0.283 e. The van der Waals surface area contributed by atoms with Gasteiger partial charge in [0.25, 0.3) is 5.56 Å². The van der Waals surface area contributed by atoms with Crippen molar-refractivity contribution >= 4 is 21.6 Å². The number of hydrogen-bond acceptors (Lipinski definition) is 4. The zero-order valence-electron chi connectivity index (χ0n) is 12.7. The maximum absolute atomic E-state index is 12.3. The third-order valence-electron chi connectivity index (χ3n) is 3.25. The average molecular weight is 354 g/mol. The van der Waals surface area contributed by atoms with E-state index in [4.69, 9.17) is 0 Å². The second kappa shape index (κ2) is 6.44. The summed E-state index contributed by atoms with van der Waals surface area (Å²) >= 11 is 3.37. The van der Waals surface area contributed by atoms with E-state index in [0.717, 1.165) is 17.9 Å². The molecule has 7 heteroatoms. The molecule has 0 aliphatic rings. The van der Waals surface area contributed by atoms with Gasteiger partial charge < -0.3 is 4.90 Å². The number of likely N-dealkylation sites (N-methyl/N-ethyl adjacent to an activating group) is 1. The number of nitrogens with zero attached hydrogens (tertiary/aromatic N) is 4. The van der Waals surface area contributed by atoms with Crippen molar-refractivity contribution in [3.05, 3.63) is 44.5 Å². The van der Waals surface area contributed by atoms with Gasteiger partial charge in [0, 0.05) is 17.9 Å². The minimum Gasteiger partial charge on any atom is -0.308 e. The molecular formula is C14H20BrN5O. The average Bonchev–Trinajstić information content (AvgIpc) is 2.74. The molecule has 0 radical (unpaired) electrons. The number of rotatable bonds is 5. The molecule has 0 fully saturated rings. The number of aryl methyl sites for hydroxylation is 2. The fourth-order valence-corrected chi connectivity index (χ4v) is 2.36. The highest BCUT2D eigenvalue weighted by molar-refractivity contribution is 9.10. The zero-order chi connectivity index (χ0) is 15.6. The Bertz CT molecular complexity index is 670. The van der Waals surface area contributed by atoms with Gasteiger partial charge in [0.2, 0.25) is 0 Å². The van der Waals surface area contributed by atoms with E-state index in [-0.39, 0.29) is 5.56 Å². The third-order valence-corrected chi connectivity index (χ3v) is 4.01. The van der Waals surface area contributed by atoms with Crippen LogP contribution in [0.3, 0.4) is 0 Å². The van der Waals surface area contributed by atoms with Crippen LogP contribution in [0.5, 0.6) is 0 Å². The molecule has 0 unspecified atom stereocenters. The zero-order valence-corrected chi connectivity index (χ0v) is 14.3. The van der Waals surface area contributed by atoms with E-state index >= 15 is 0 Å². The van der Waals surface area contributed by atoms with Gasteiger partial charge >= 0.3 is 0 Å². The Balaban J connectivity index is 2.27. The molecule has 6 nitrogen and oxygen atoms in total. The first-order chi connectivity index (χ1) is 9.90. The highest BCUT2D eigenvalue weighted by atomic mass is 79.9. The van der Waals surface area contributed by atoms with Gasteiger partial charge in [-0.1, -0.05) is 0 Å². The summed E-state index contributed by atoms with van der Waals surface area (Å²) in [7, 11) is 3.93. The van der Waals surface area contributed by atoms with Gasteiger partial charge in [0.15, 0.2) is 0 Å². The molecule has 0 aliphatic carbocycles. The van der Waals surface area contributed by atoms with E-state index in [1.54, 1.807) is 6.20 Å². The molecule has 2 rings (SSSR count). The molecule has 1 N–H and O–H groups in total. The molecule has 0 aliphatic heterocycles. The Morgan fingerprint density at radius 1 is 1.29 bits per heavy atom. The highest BCUT2D eigenvalue weighted by Gasteiger charge is 2.10. The number of nitrogens with one attached hydrogen (secondary N) is 1. The van der Waals surface area contributed by atoms with E-state index < -0.39 is 0 Å². The molecule has 21 heavy (non-hydrogen) atoms. The number of halogens is 1. The molecule has 114 valence electrons. The molecule has 2 heterocycles. The van der Waals surface area contributed by atoms with Crippen molar-refractivity contribution in [1.29, 1.82) is 0 Å². The smallest absolute Gasteiger partial charge is 0.283 e. The molecule has 0 aromatic carbocycles. The van der Waals surface area contributed by atoms with Crippen LogP contribution in [-0.2, 0) is 6.54 Å². The van der Waals surface area contributed by atoms with Crippen LogP contribution < -0.4 is 11.0 Å². The predicted octanol–water partition coefficient (Wildman–Crippen LogP) is 1.86. The summed E-state index contributed by atoms with van der Waals surface area (Å²) in [6.45, 7) is 5.33. The molecule has 0 amide bonds. The first-order valence-electron chi connectivity index (χ1n) is 6.72. The normalized spacial score (nSPS) is 11.1. The molecule has 2 aromatic rings. The summed E-state index contributed by atoms with van der Waals surface area (Å²) in [6, 6.07) is 4.03. The first-order valence-corrected chi connectivity index (χ1v) is 7.51. The van der Waals surface area contributed by atoms with Gasteiger partial charge in [-0.2, -0.15) is 5.10 Å². The van der Waals surface area contributed by atoms with E-state index in [2.05, 4.69) is 26.5 Å². The predicted molar refractivity (Wildman–Crippen MR) is 87.7 cm³/mol. The van der Waals surface area contributed by atoms with Crippen molar-refractivity contribution in [2.75, 3.05) is 26.1 Å². The van der Waals surface area contributed by atoms with Crippen molar-refractivity contribution in [2.24, 2.45) is 0 Å². The van der Waals surface area contributed by atoms with Crippen LogP contribution in [0.1, 0.15) is 11.4 Å². The summed E-state index contributed by atoms with van der Waals surface area (Å²) in [5, 5.41) is 4.22. The Morgan fingerprint density at radius 3 is 2.48 bits per heavy atom.